The molecule has 1 fully saturated rings. The molecule has 4 aromatic heterocycles. The lowest BCUT2D eigenvalue weighted by Crippen LogP contribution is -2.47. The highest BCUT2D eigenvalue weighted by molar-refractivity contribution is 5.93. The third-order valence-electron chi connectivity index (χ3n) is 5.24. The van der Waals surface area contributed by atoms with Gasteiger partial charge in [0, 0.05) is 61.8 Å². The Morgan fingerprint density at radius 3 is 2.48 bits per heavy atom. The van der Waals surface area contributed by atoms with E-state index in [1.807, 2.05) is 38.2 Å². The van der Waals surface area contributed by atoms with Crippen molar-refractivity contribution in [3.63, 3.8) is 0 Å². The molecule has 9 nitrogen and oxygen atoms in total. The zero-order chi connectivity index (χ0) is 21.2. The Labute approximate surface area is 180 Å². The molecule has 0 bridgehead atoms. The first kappa shape index (κ1) is 19.2. The van der Waals surface area contributed by atoms with E-state index in [4.69, 9.17) is 4.74 Å². The molecule has 0 radical (unpaired) electrons. The molecule has 0 aliphatic carbocycles. The predicted octanol–water partition coefficient (Wildman–Crippen LogP) is 2.92. The number of anilines is 2. The van der Waals surface area contributed by atoms with Gasteiger partial charge in [0.05, 0.1) is 17.8 Å². The second-order valence-electron chi connectivity index (χ2n) is 7.73. The number of rotatable bonds is 5. The van der Waals surface area contributed by atoms with Crippen molar-refractivity contribution < 1.29 is 4.74 Å². The van der Waals surface area contributed by atoms with Crippen LogP contribution in [0, 0.1) is 0 Å². The van der Waals surface area contributed by atoms with Crippen molar-refractivity contribution in [3.05, 3.63) is 49.1 Å². The van der Waals surface area contributed by atoms with E-state index in [0.717, 1.165) is 60.1 Å². The summed E-state index contributed by atoms with van der Waals surface area (Å²) in [5, 5.41) is 8.58. The molecule has 31 heavy (non-hydrogen) atoms. The molecule has 5 heterocycles. The molecular weight excluding hydrogens is 392 g/mol. The van der Waals surface area contributed by atoms with Gasteiger partial charge in [0.1, 0.15) is 11.5 Å². The lowest BCUT2D eigenvalue weighted by atomic mass is 10.1. The van der Waals surface area contributed by atoms with Crippen LogP contribution >= 0.6 is 0 Å². The van der Waals surface area contributed by atoms with Crippen LogP contribution < -0.4 is 14.5 Å². The molecule has 158 valence electrons. The number of H-pyrrole nitrogens is 1. The molecular formula is C22H24N8O. The van der Waals surface area contributed by atoms with Gasteiger partial charge in [-0.2, -0.15) is 5.10 Å². The van der Waals surface area contributed by atoms with Crippen molar-refractivity contribution in [2.24, 2.45) is 0 Å². The van der Waals surface area contributed by atoms with Crippen LogP contribution in [0.2, 0.25) is 0 Å². The molecule has 0 atom stereocenters. The van der Waals surface area contributed by atoms with Gasteiger partial charge in [0.25, 0.3) is 0 Å². The largest absolute Gasteiger partial charge is 0.475 e. The van der Waals surface area contributed by atoms with Gasteiger partial charge in [0.2, 0.25) is 11.8 Å². The van der Waals surface area contributed by atoms with E-state index in [1.165, 1.54) is 0 Å². The summed E-state index contributed by atoms with van der Waals surface area (Å²) in [6.45, 7) is 7.38. The first-order chi connectivity index (χ1) is 15.2. The standard InChI is InChI=1S/C22H24N8O/c1-15(2)31-20-13-17-18(14-26-20)27-28-21(17)16-4-7-23-19(12-16)29-8-10-30(11-9-29)22-24-5-3-6-25-22/h3-7,12-15H,8-11H2,1-2H3,(H,27,28). The van der Waals surface area contributed by atoms with E-state index in [0.29, 0.717) is 5.88 Å². The Bertz CT molecular complexity index is 1170. The fraction of sp³-hybridized carbons (Fsp3) is 0.318. The van der Waals surface area contributed by atoms with E-state index >= 15 is 0 Å². The summed E-state index contributed by atoms with van der Waals surface area (Å²) in [5.41, 5.74) is 2.75. The van der Waals surface area contributed by atoms with Crippen LogP contribution in [0.15, 0.2) is 49.1 Å². The first-order valence-corrected chi connectivity index (χ1v) is 10.4. The quantitative estimate of drug-likeness (QED) is 0.531. The van der Waals surface area contributed by atoms with Gasteiger partial charge in [-0.25, -0.2) is 19.9 Å². The highest BCUT2D eigenvalue weighted by Gasteiger charge is 2.20. The van der Waals surface area contributed by atoms with Crippen LogP contribution in [0.5, 0.6) is 5.88 Å². The van der Waals surface area contributed by atoms with E-state index < -0.39 is 0 Å². The van der Waals surface area contributed by atoms with Gasteiger partial charge in [-0.1, -0.05) is 0 Å². The molecule has 4 aromatic rings. The number of pyridine rings is 2. The second-order valence-corrected chi connectivity index (χ2v) is 7.73. The SMILES string of the molecule is CC(C)Oc1cc2c(-c3ccnc(N4CCN(c5ncccn5)CC4)c3)n[nH]c2cn1. The number of nitrogens with one attached hydrogen (secondary N) is 1. The number of hydrogen-bond donors (Lipinski definition) is 1. The average Bonchev–Trinajstić information content (AvgIpc) is 3.23. The second kappa shape index (κ2) is 8.17. The molecule has 0 unspecified atom stereocenters. The number of ether oxygens (including phenoxy) is 1. The third kappa shape index (κ3) is 3.98. The number of nitrogens with zero attached hydrogens (tertiary/aromatic N) is 7. The highest BCUT2D eigenvalue weighted by Crippen LogP contribution is 2.30. The van der Waals surface area contributed by atoms with Crippen molar-refractivity contribution in [2.75, 3.05) is 36.0 Å². The van der Waals surface area contributed by atoms with Crippen molar-refractivity contribution in [1.29, 1.82) is 0 Å². The lowest BCUT2D eigenvalue weighted by molar-refractivity contribution is 0.233. The zero-order valence-electron chi connectivity index (χ0n) is 17.6. The summed E-state index contributed by atoms with van der Waals surface area (Å²) >= 11 is 0. The summed E-state index contributed by atoms with van der Waals surface area (Å²) in [6, 6.07) is 7.85. The van der Waals surface area contributed by atoms with Gasteiger partial charge in [-0.15, -0.1) is 0 Å². The summed E-state index contributed by atoms with van der Waals surface area (Å²) in [5.74, 6) is 2.31. The molecule has 0 spiro atoms. The van der Waals surface area contributed by atoms with E-state index in [1.54, 1.807) is 18.6 Å². The van der Waals surface area contributed by atoms with Crippen LogP contribution in [0.3, 0.4) is 0 Å². The zero-order valence-corrected chi connectivity index (χ0v) is 17.6. The summed E-state index contributed by atoms with van der Waals surface area (Å²) in [4.78, 5) is 22.2. The number of fused-ring (bicyclic) bond motifs is 1. The smallest absolute Gasteiger partial charge is 0.225 e. The molecule has 1 aliphatic rings. The van der Waals surface area contributed by atoms with Crippen molar-refractivity contribution >= 4 is 22.7 Å². The van der Waals surface area contributed by atoms with Gasteiger partial charge in [0.15, 0.2) is 0 Å². The third-order valence-corrected chi connectivity index (χ3v) is 5.24. The fourth-order valence-corrected chi connectivity index (χ4v) is 3.75. The Kier molecular flexibility index (Phi) is 5.07. The monoisotopic (exact) mass is 416 g/mol. The minimum absolute atomic E-state index is 0.0628. The summed E-state index contributed by atoms with van der Waals surface area (Å²) < 4.78 is 5.76. The maximum Gasteiger partial charge on any atom is 0.225 e. The molecule has 5 rings (SSSR count). The average molecular weight is 416 g/mol. The van der Waals surface area contributed by atoms with Crippen molar-refractivity contribution in [2.45, 2.75) is 20.0 Å². The Morgan fingerprint density at radius 1 is 0.935 bits per heavy atom. The van der Waals surface area contributed by atoms with Crippen molar-refractivity contribution in [1.82, 2.24) is 30.1 Å². The van der Waals surface area contributed by atoms with E-state index in [9.17, 15) is 0 Å². The highest BCUT2D eigenvalue weighted by atomic mass is 16.5. The van der Waals surface area contributed by atoms with Gasteiger partial charge in [-0.05, 0) is 32.0 Å². The normalized spacial score (nSPS) is 14.4. The van der Waals surface area contributed by atoms with Crippen LogP contribution in [0.1, 0.15) is 13.8 Å². The van der Waals surface area contributed by atoms with Gasteiger partial charge in [-0.3, -0.25) is 5.10 Å². The number of aromatic nitrogens is 6. The maximum atomic E-state index is 5.76. The Morgan fingerprint density at radius 2 is 1.71 bits per heavy atom. The first-order valence-electron chi connectivity index (χ1n) is 10.4. The number of hydrogen-bond acceptors (Lipinski definition) is 8. The number of piperazine rings is 1. The Hall–Kier alpha value is -3.75. The summed E-state index contributed by atoms with van der Waals surface area (Å²) in [7, 11) is 0. The summed E-state index contributed by atoms with van der Waals surface area (Å²) in [6.07, 6.45) is 7.22. The predicted molar refractivity (Wildman–Crippen MR) is 119 cm³/mol. The van der Waals surface area contributed by atoms with Gasteiger partial charge < -0.3 is 14.5 Å². The molecule has 1 aliphatic heterocycles. The van der Waals surface area contributed by atoms with Crippen LogP contribution in [0.4, 0.5) is 11.8 Å². The topological polar surface area (TPSA) is 96.0 Å². The lowest BCUT2D eigenvalue weighted by Gasteiger charge is -2.35. The minimum Gasteiger partial charge on any atom is -0.475 e. The van der Waals surface area contributed by atoms with Crippen LogP contribution in [-0.2, 0) is 0 Å². The van der Waals surface area contributed by atoms with Crippen LogP contribution in [0.25, 0.3) is 22.2 Å². The fourth-order valence-electron chi connectivity index (χ4n) is 3.75. The number of aromatic amines is 1. The molecule has 9 heteroatoms. The van der Waals surface area contributed by atoms with E-state index in [2.05, 4.69) is 46.0 Å². The molecule has 0 saturated carbocycles. The van der Waals surface area contributed by atoms with Crippen LogP contribution in [-0.4, -0.2) is 62.4 Å². The van der Waals surface area contributed by atoms with E-state index in [-0.39, 0.29) is 6.10 Å². The maximum absolute atomic E-state index is 5.76. The molecule has 1 saturated heterocycles. The molecule has 1 N–H and O–H groups in total. The van der Waals surface area contributed by atoms with Crippen molar-refractivity contribution in [3.8, 4) is 17.1 Å². The molecule has 0 amide bonds. The molecule has 0 aromatic carbocycles. The minimum atomic E-state index is 0.0628. The Balaban J connectivity index is 1.37. The van der Waals surface area contributed by atoms with Gasteiger partial charge >= 0.3 is 0 Å².